The Kier molecular flexibility index (Phi) is 4.26. The third-order valence-corrected chi connectivity index (χ3v) is 2.00. The minimum absolute atomic E-state index is 0.175. The lowest BCUT2D eigenvalue weighted by molar-refractivity contribution is -0.139. The van der Waals surface area contributed by atoms with Crippen LogP contribution in [0.3, 0.4) is 0 Å². The molecular weight excluding hydrogens is 223 g/mol. The first-order chi connectivity index (χ1) is 7.46. The highest BCUT2D eigenvalue weighted by molar-refractivity contribution is 5.28. The molecule has 0 saturated carbocycles. The smallest absolute Gasteiger partial charge is 0.386 e. The molecule has 0 aliphatic rings. The van der Waals surface area contributed by atoms with Crippen molar-refractivity contribution in [3.05, 3.63) is 29.6 Å². The van der Waals surface area contributed by atoms with Gasteiger partial charge in [-0.25, -0.2) is 0 Å². The van der Waals surface area contributed by atoms with Crippen molar-refractivity contribution in [3.63, 3.8) is 0 Å². The predicted molar refractivity (Wildman–Crippen MR) is 50.7 cm³/mol. The van der Waals surface area contributed by atoms with Gasteiger partial charge in [-0.05, 0) is 13.0 Å². The fourth-order valence-corrected chi connectivity index (χ4v) is 1.25. The first-order valence-electron chi connectivity index (χ1n) is 4.73. The quantitative estimate of drug-likeness (QED) is 0.869. The average Bonchev–Trinajstić information content (AvgIpc) is 2.24. The standard InChI is InChI=1S/C10H12F3NO2/c1-2-16-6-9(15)7-5-14-4-3-8(7)10(11,12)13/h3-5,9,15H,2,6H2,1H3. The Morgan fingerprint density at radius 3 is 2.75 bits per heavy atom. The summed E-state index contributed by atoms with van der Waals surface area (Å²) in [7, 11) is 0. The van der Waals surface area contributed by atoms with E-state index < -0.39 is 17.8 Å². The Balaban J connectivity index is 2.94. The van der Waals surface area contributed by atoms with E-state index in [2.05, 4.69) is 4.98 Å². The fraction of sp³-hybridized carbons (Fsp3) is 0.500. The highest BCUT2D eigenvalue weighted by atomic mass is 19.4. The molecule has 0 bridgehead atoms. The van der Waals surface area contributed by atoms with Gasteiger partial charge in [-0.3, -0.25) is 4.98 Å². The van der Waals surface area contributed by atoms with Crippen molar-refractivity contribution in [1.82, 2.24) is 4.98 Å². The highest BCUT2D eigenvalue weighted by Crippen LogP contribution is 2.33. The predicted octanol–water partition coefficient (Wildman–Crippen LogP) is 2.17. The van der Waals surface area contributed by atoms with Crippen LogP contribution in [0.1, 0.15) is 24.2 Å². The van der Waals surface area contributed by atoms with Crippen LogP contribution in [0.2, 0.25) is 0 Å². The molecule has 1 aromatic rings. The van der Waals surface area contributed by atoms with Crippen LogP contribution in [0.4, 0.5) is 13.2 Å². The number of aliphatic hydroxyl groups excluding tert-OH is 1. The van der Waals surface area contributed by atoms with Gasteiger partial charge in [0.15, 0.2) is 0 Å². The largest absolute Gasteiger partial charge is 0.416 e. The molecule has 0 fully saturated rings. The minimum Gasteiger partial charge on any atom is -0.386 e. The maximum atomic E-state index is 12.6. The maximum Gasteiger partial charge on any atom is 0.416 e. The number of halogens is 3. The zero-order valence-corrected chi connectivity index (χ0v) is 8.66. The second-order valence-electron chi connectivity index (χ2n) is 3.14. The fourth-order valence-electron chi connectivity index (χ4n) is 1.25. The van der Waals surface area contributed by atoms with E-state index in [0.717, 1.165) is 18.5 Å². The Morgan fingerprint density at radius 2 is 2.19 bits per heavy atom. The van der Waals surface area contributed by atoms with E-state index in [-0.39, 0.29) is 12.2 Å². The molecule has 0 aromatic carbocycles. The molecule has 0 saturated heterocycles. The van der Waals surface area contributed by atoms with Crippen molar-refractivity contribution in [3.8, 4) is 0 Å². The number of hydrogen-bond acceptors (Lipinski definition) is 3. The monoisotopic (exact) mass is 235 g/mol. The molecule has 3 nitrogen and oxygen atoms in total. The molecule has 1 rings (SSSR count). The van der Waals surface area contributed by atoms with Crippen LogP contribution >= 0.6 is 0 Å². The molecule has 90 valence electrons. The van der Waals surface area contributed by atoms with E-state index in [1.54, 1.807) is 6.92 Å². The van der Waals surface area contributed by atoms with Gasteiger partial charge in [-0.2, -0.15) is 13.2 Å². The van der Waals surface area contributed by atoms with Crippen molar-refractivity contribution < 1.29 is 23.0 Å². The van der Waals surface area contributed by atoms with E-state index in [9.17, 15) is 18.3 Å². The Bertz CT molecular complexity index is 341. The Hall–Kier alpha value is -1.14. The molecule has 0 radical (unpaired) electrons. The zero-order valence-electron chi connectivity index (χ0n) is 8.66. The first-order valence-corrected chi connectivity index (χ1v) is 4.73. The van der Waals surface area contributed by atoms with Crippen LogP contribution in [0.5, 0.6) is 0 Å². The summed E-state index contributed by atoms with van der Waals surface area (Å²) in [6.07, 6.45) is -3.76. The maximum absolute atomic E-state index is 12.6. The molecule has 0 amide bonds. The van der Waals surface area contributed by atoms with Gasteiger partial charge < -0.3 is 9.84 Å². The summed E-state index contributed by atoms with van der Waals surface area (Å²) in [5.74, 6) is 0. The lowest BCUT2D eigenvalue weighted by Gasteiger charge is -2.16. The summed E-state index contributed by atoms with van der Waals surface area (Å²) in [6.45, 7) is 1.85. The molecule has 0 aliphatic heterocycles. The zero-order chi connectivity index (χ0) is 12.2. The number of ether oxygens (including phenoxy) is 1. The molecule has 1 N–H and O–H groups in total. The van der Waals surface area contributed by atoms with Gasteiger partial charge in [0.25, 0.3) is 0 Å². The molecule has 0 aliphatic carbocycles. The lowest BCUT2D eigenvalue weighted by Crippen LogP contribution is -2.15. The summed E-state index contributed by atoms with van der Waals surface area (Å²) < 4.78 is 42.5. The van der Waals surface area contributed by atoms with E-state index in [4.69, 9.17) is 4.74 Å². The van der Waals surface area contributed by atoms with E-state index in [1.165, 1.54) is 0 Å². The molecular formula is C10H12F3NO2. The van der Waals surface area contributed by atoms with Crippen LogP contribution in [-0.4, -0.2) is 23.3 Å². The molecule has 1 aromatic heterocycles. The second kappa shape index (κ2) is 5.27. The van der Waals surface area contributed by atoms with Gasteiger partial charge in [0.2, 0.25) is 0 Å². The summed E-state index contributed by atoms with van der Waals surface area (Å²) in [4.78, 5) is 3.57. The normalized spacial score (nSPS) is 13.8. The third kappa shape index (κ3) is 3.18. The lowest BCUT2D eigenvalue weighted by atomic mass is 10.1. The van der Waals surface area contributed by atoms with Crippen LogP contribution in [0.25, 0.3) is 0 Å². The number of rotatable bonds is 4. The number of hydrogen-bond donors (Lipinski definition) is 1. The van der Waals surface area contributed by atoms with Crippen LogP contribution in [-0.2, 0) is 10.9 Å². The van der Waals surface area contributed by atoms with Gasteiger partial charge >= 0.3 is 6.18 Å². The molecule has 1 atom stereocenters. The van der Waals surface area contributed by atoms with Gasteiger partial charge in [0.1, 0.15) is 6.10 Å². The number of pyridine rings is 1. The number of nitrogens with zero attached hydrogens (tertiary/aromatic N) is 1. The summed E-state index contributed by atoms with van der Waals surface area (Å²) in [5, 5.41) is 9.53. The van der Waals surface area contributed by atoms with Crippen molar-refractivity contribution >= 4 is 0 Å². The first kappa shape index (κ1) is 12.9. The third-order valence-electron chi connectivity index (χ3n) is 2.00. The number of aliphatic hydroxyl groups is 1. The van der Waals surface area contributed by atoms with E-state index >= 15 is 0 Å². The van der Waals surface area contributed by atoms with Crippen LogP contribution < -0.4 is 0 Å². The molecule has 6 heteroatoms. The molecule has 1 unspecified atom stereocenters. The topological polar surface area (TPSA) is 42.4 Å². The van der Waals surface area contributed by atoms with Crippen molar-refractivity contribution in [2.75, 3.05) is 13.2 Å². The van der Waals surface area contributed by atoms with Gasteiger partial charge in [0, 0.05) is 24.6 Å². The van der Waals surface area contributed by atoms with Crippen LogP contribution in [0, 0.1) is 0 Å². The SMILES string of the molecule is CCOCC(O)c1cnccc1C(F)(F)F. The van der Waals surface area contributed by atoms with Crippen molar-refractivity contribution in [1.29, 1.82) is 0 Å². The number of alkyl halides is 3. The summed E-state index contributed by atoms with van der Waals surface area (Å²) in [6, 6.07) is 0.838. The second-order valence-corrected chi connectivity index (χ2v) is 3.14. The molecule has 1 heterocycles. The Labute approximate surface area is 90.9 Å². The van der Waals surface area contributed by atoms with Gasteiger partial charge in [-0.15, -0.1) is 0 Å². The van der Waals surface area contributed by atoms with Gasteiger partial charge in [-0.1, -0.05) is 0 Å². The molecule has 16 heavy (non-hydrogen) atoms. The highest BCUT2D eigenvalue weighted by Gasteiger charge is 2.34. The summed E-state index contributed by atoms with van der Waals surface area (Å²) >= 11 is 0. The Morgan fingerprint density at radius 1 is 1.50 bits per heavy atom. The van der Waals surface area contributed by atoms with Gasteiger partial charge in [0.05, 0.1) is 12.2 Å². The number of aromatic nitrogens is 1. The molecule has 0 spiro atoms. The van der Waals surface area contributed by atoms with Crippen molar-refractivity contribution in [2.45, 2.75) is 19.2 Å². The van der Waals surface area contributed by atoms with E-state index in [1.807, 2.05) is 0 Å². The van der Waals surface area contributed by atoms with Crippen LogP contribution in [0.15, 0.2) is 18.5 Å². The van der Waals surface area contributed by atoms with E-state index in [0.29, 0.717) is 6.61 Å². The summed E-state index contributed by atoms with van der Waals surface area (Å²) in [5.41, 5.74) is -1.14. The average molecular weight is 235 g/mol. The van der Waals surface area contributed by atoms with Crippen molar-refractivity contribution in [2.24, 2.45) is 0 Å². The minimum atomic E-state index is -4.49.